The number of aromatic nitrogens is 2. The van der Waals surface area contributed by atoms with Crippen LogP contribution in [0, 0.1) is 13.8 Å². The smallest absolute Gasteiger partial charge is 0.340 e. The van der Waals surface area contributed by atoms with Crippen LogP contribution in [0.25, 0.3) is 10.2 Å². The maximum atomic E-state index is 12.9. The molecule has 3 aromatic rings. The van der Waals surface area contributed by atoms with E-state index in [1.54, 1.807) is 23.9 Å². The van der Waals surface area contributed by atoms with Gasteiger partial charge in [0.2, 0.25) is 0 Å². The summed E-state index contributed by atoms with van der Waals surface area (Å²) in [7, 11) is 1.30. The van der Waals surface area contributed by atoms with Gasteiger partial charge in [0.15, 0.2) is 0 Å². The summed E-state index contributed by atoms with van der Waals surface area (Å²) in [6.45, 7) is 6.33. The molecular weight excluding hydrogens is 410 g/mol. The molecule has 3 aromatic heterocycles. The maximum absolute atomic E-state index is 12.9. The summed E-state index contributed by atoms with van der Waals surface area (Å²) in [5.41, 5.74) is 0.803. The monoisotopic (exact) mass is 433 g/mol. The topological polar surface area (TPSA) is 90.3 Å². The second-order valence-corrected chi connectivity index (χ2v) is 8.99. The van der Waals surface area contributed by atoms with Gasteiger partial charge >= 0.3 is 5.97 Å². The molecule has 3 heterocycles. The molecule has 0 atom stereocenters. The van der Waals surface area contributed by atoms with Crippen molar-refractivity contribution in [3.05, 3.63) is 43.6 Å². The fraction of sp³-hybridized carbons (Fsp3) is 0.400. The zero-order chi connectivity index (χ0) is 21.1. The third-order valence-electron chi connectivity index (χ3n) is 4.61. The van der Waals surface area contributed by atoms with Crippen LogP contribution < -0.4 is 10.9 Å². The molecule has 0 aliphatic carbocycles. The van der Waals surface area contributed by atoms with E-state index >= 15 is 0 Å². The first-order valence-electron chi connectivity index (χ1n) is 9.36. The Morgan fingerprint density at radius 1 is 1.24 bits per heavy atom. The largest absolute Gasteiger partial charge is 0.465 e. The number of carbonyl (C=O) groups excluding carboxylic acids is 2. The van der Waals surface area contributed by atoms with E-state index in [0.29, 0.717) is 37.8 Å². The number of rotatable bonds is 7. The standard InChI is InChI=1S/C20H23N3O4S2/c1-5-6-7-8-23-10-21-18-14(19(23)25)12(3)15(29-18)16(24)22-17-13(20(26)27-4)9-11(2)28-17/h9-10H,5-8H2,1-4H3,(H,22,24). The molecule has 0 spiro atoms. The van der Waals surface area contributed by atoms with Gasteiger partial charge in [0.05, 0.1) is 29.3 Å². The SMILES string of the molecule is CCCCCn1cnc2sc(C(=O)Nc3sc(C)cc3C(=O)OC)c(C)c2c1=O. The molecule has 0 aliphatic heterocycles. The van der Waals surface area contributed by atoms with E-state index in [4.69, 9.17) is 4.74 Å². The van der Waals surface area contributed by atoms with Crippen LogP contribution in [0.5, 0.6) is 0 Å². The van der Waals surface area contributed by atoms with Gasteiger partial charge in [-0.15, -0.1) is 22.7 Å². The minimum Gasteiger partial charge on any atom is -0.465 e. The summed E-state index contributed by atoms with van der Waals surface area (Å²) in [6, 6.07) is 1.68. The van der Waals surface area contributed by atoms with Crippen LogP contribution in [0.4, 0.5) is 5.00 Å². The lowest BCUT2D eigenvalue weighted by Gasteiger charge is -2.05. The summed E-state index contributed by atoms with van der Waals surface area (Å²) in [4.78, 5) is 43.9. The molecule has 1 N–H and O–H groups in total. The normalized spacial score (nSPS) is 11.0. The van der Waals surface area contributed by atoms with Gasteiger partial charge in [0.1, 0.15) is 9.83 Å². The van der Waals surface area contributed by atoms with Crippen LogP contribution in [0.1, 0.15) is 56.7 Å². The van der Waals surface area contributed by atoms with Crippen molar-refractivity contribution in [1.29, 1.82) is 0 Å². The van der Waals surface area contributed by atoms with E-state index in [1.165, 1.54) is 29.8 Å². The predicted molar refractivity (Wildman–Crippen MR) is 116 cm³/mol. The van der Waals surface area contributed by atoms with Crippen LogP contribution in [0.3, 0.4) is 0 Å². The summed E-state index contributed by atoms with van der Waals surface area (Å²) < 4.78 is 6.39. The Labute approximate surface area is 176 Å². The Morgan fingerprint density at radius 3 is 2.69 bits per heavy atom. The highest BCUT2D eigenvalue weighted by Gasteiger charge is 2.22. The average Bonchev–Trinajstić information content (AvgIpc) is 3.23. The molecule has 29 heavy (non-hydrogen) atoms. The van der Waals surface area contributed by atoms with Crippen molar-refractivity contribution in [1.82, 2.24) is 9.55 Å². The highest BCUT2D eigenvalue weighted by Crippen LogP contribution is 2.31. The highest BCUT2D eigenvalue weighted by molar-refractivity contribution is 7.21. The molecule has 1 amide bonds. The lowest BCUT2D eigenvalue weighted by atomic mass is 10.2. The summed E-state index contributed by atoms with van der Waals surface area (Å²) in [6.07, 6.45) is 4.58. The van der Waals surface area contributed by atoms with Gasteiger partial charge in [-0.3, -0.25) is 14.2 Å². The van der Waals surface area contributed by atoms with E-state index in [2.05, 4.69) is 17.2 Å². The molecule has 3 rings (SSSR count). The molecule has 0 bridgehead atoms. The molecule has 9 heteroatoms. The van der Waals surface area contributed by atoms with Crippen LogP contribution in [0.15, 0.2) is 17.2 Å². The van der Waals surface area contributed by atoms with Crippen molar-refractivity contribution in [2.75, 3.05) is 12.4 Å². The first-order valence-corrected chi connectivity index (χ1v) is 11.0. The molecule has 0 unspecified atom stereocenters. The molecule has 7 nitrogen and oxygen atoms in total. The van der Waals surface area contributed by atoms with Crippen molar-refractivity contribution in [2.45, 2.75) is 46.6 Å². The summed E-state index contributed by atoms with van der Waals surface area (Å²) in [5, 5.41) is 3.71. The fourth-order valence-electron chi connectivity index (χ4n) is 3.10. The highest BCUT2D eigenvalue weighted by atomic mass is 32.1. The number of methoxy groups -OCH3 is 1. The lowest BCUT2D eigenvalue weighted by Crippen LogP contribution is -2.20. The first-order chi connectivity index (χ1) is 13.9. The van der Waals surface area contributed by atoms with E-state index < -0.39 is 5.97 Å². The van der Waals surface area contributed by atoms with Gasteiger partial charge in [-0.1, -0.05) is 19.8 Å². The summed E-state index contributed by atoms with van der Waals surface area (Å²) in [5.74, 6) is -0.871. The number of amides is 1. The zero-order valence-electron chi connectivity index (χ0n) is 16.8. The van der Waals surface area contributed by atoms with Crippen LogP contribution in [-0.4, -0.2) is 28.5 Å². The number of hydrogen-bond acceptors (Lipinski definition) is 7. The molecule has 0 saturated heterocycles. The Bertz CT molecular complexity index is 1130. The van der Waals surface area contributed by atoms with Crippen molar-refractivity contribution in [3.8, 4) is 0 Å². The fourth-order valence-corrected chi connectivity index (χ4v) is 5.02. The quantitative estimate of drug-likeness (QED) is 0.441. The van der Waals surface area contributed by atoms with Gasteiger partial charge < -0.3 is 10.1 Å². The maximum Gasteiger partial charge on any atom is 0.340 e. The zero-order valence-corrected chi connectivity index (χ0v) is 18.5. The number of anilines is 1. The second-order valence-electron chi connectivity index (χ2n) is 6.73. The molecule has 0 aromatic carbocycles. The lowest BCUT2D eigenvalue weighted by molar-refractivity contribution is 0.0602. The van der Waals surface area contributed by atoms with E-state index in [0.717, 1.165) is 24.1 Å². The number of ether oxygens (including phenoxy) is 1. The van der Waals surface area contributed by atoms with Gasteiger partial charge in [-0.2, -0.15) is 0 Å². The Morgan fingerprint density at radius 2 is 2.00 bits per heavy atom. The third-order valence-corrected chi connectivity index (χ3v) is 6.78. The molecule has 0 saturated carbocycles. The minimum absolute atomic E-state index is 0.124. The number of esters is 1. The van der Waals surface area contributed by atoms with Crippen molar-refractivity contribution >= 4 is 49.8 Å². The minimum atomic E-state index is -0.505. The second kappa shape index (κ2) is 8.87. The van der Waals surface area contributed by atoms with Gasteiger partial charge in [-0.05, 0) is 31.9 Å². The van der Waals surface area contributed by atoms with E-state index in [-0.39, 0.29) is 11.5 Å². The molecule has 0 radical (unpaired) electrons. The van der Waals surface area contributed by atoms with E-state index in [1.807, 2.05) is 6.92 Å². The number of hydrogen-bond donors (Lipinski definition) is 1. The van der Waals surface area contributed by atoms with Crippen LogP contribution in [0.2, 0.25) is 0 Å². The number of aryl methyl sites for hydroxylation is 3. The van der Waals surface area contributed by atoms with Crippen molar-refractivity contribution in [2.24, 2.45) is 0 Å². The number of carbonyl (C=O) groups is 2. The molecule has 154 valence electrons. The third kappa shape index (κ3) is 4.25. The van der Waals surface area contributed by atoms with Gasteiger partial charge in [0, 0.05) is 11.4 Å². The first kappa shape index (κ1) is 21.2. The molecule has 0 aliphatic rings. The van der Waals surface area contributed by atoms with Crippen molar-refractivity contribution < 1.29 is 14.3 Å². The predicted octanol–water partition coefficient (Wildman–Crippen LogP) is 4.37. The number of thiophene rings is 2. The average molecular weight is 434 g/mol. The Hall–Kier alpha value is -2.52. The number of fused-ring (bicyclic) bond motifs is 1. The Balaban J connectivity index is 1.93. The van der Waals surface area contributed by atoms with Crippen LogP contribution >= 0.6 is 22.7 Å². The number of nitrogens with one attached hydrogen (secondary N) is 1. The van der Waals surface area contributed by atoms with Crippen LogP contribution in [-0.2, 0) is 11.3 Å². The van der Waals surface area contributed by atoms with Gasteiger partial charge in [0.25, 0.3) is 11.5 Å². The van der Waals surface area contributed by atoms with Gasteiger partial charge in [-0.25, -0.2) is 9.78 Å². The summed E-state index contributed by atoms with van der Waals surface area (Å²) >= 11 is 2.48. The van der Waals surface area contributed by atoms with E-state index in [9.17, 15) is 14.4 Å². The van der Waals surface area contributed by atoms with Crippen molar-refractivity contribution in [3.63, 3.8) is 0 Å². The number of nitrogens with zero attached hydrogens (tertiary/aromatic N) is 2. The molecule has 0 fully saturated rings. The Kier molecular flexibility index (Phi) is 6.49. The number of unbranched alkanes of at least 4 members (excludes halogenated alkanes) is 2. The molecular formula is C20H23N3O4S2.